The van der Waals surface area contributed by atoms with E-state index in [9.17, 15) is 13.6 Å². The molecule has 0 heterocycles. The van der Waals surface area contributed by atoms with Crippen molar-refractivity contribution in [1.29, 1.82) is 0 Å². The zero-order valence-electron chi connectivity index (χ0n) is 9.91. The molecule has 19 heavy (non-hydrogen) atoms. The predicted molar refractivity (Wildman–Crippen MR) is 75.9 cm³/mol. The molecule has 0 radical (unpaired) electrons. The van der Waals surface area contributed by atoms with E-state index in [4.69, 9.17) is 0 Å². The zero-order chi connectivity index (χ0) is 14.0. The molecular weight excluding hydrogens is 365 g/mol. The summed E-state index contributed by atoms with van der Waals surface area (Å²) in [4.78, 5) is 11.5. The molecule has 2 nitrogen and oxygen atoms in total. The number of carbonyl (C=O) groups is 1. The number of methoxy groups -OCH3 is 1. The minimum atomic E-state index is -0.669. The standard InChI is InChI=1S/C14H9F2IO2/c1-19-14(18)9-4-8(5-11(17)6-9)12-3-2-10(15)7-13(12)16/h2-7H,1H3. The Morgan fingerprint density at radius 3 is 2.53 bits per heavy atom. The highest BCUT2D eigenvalue weighted by Crippen LogP contribution is 2.26. The van der Waals surface area contributed by atoms with Gasteiger partial charge in [0.05, 0.1) is 12.7 Å². The quantitative estimate of drug-likeness (QED) is 0.586. The Hall–Kier alpha value is -1.50. The number of benzene rings is 2. The van der Waals surface area contributed by atoms with Crippen LogP contribution >= 0.6 is 22.6 Å². The van der Waals surface area contributed by atoms with Crippen LogP contribution in [0.3, 0.4) is 0 Å². The van der Waals surface area contributed by atoms with Crippen molar-refractivity contribution in [2.45, 2.75) is 0 Å². The van der Waals surface area contributed by atoms with E-state index >= 15 is 0 Å². The lowest BCUT2D eigenvalue weighted by Crippen LogP contribution is -2.02. The Bertz CT molecular complexity index is 641. The average Bonchev–Trinajstić information content (AvgIpc) is 2.37. The lowest BCUT2D eigenvalue weighted by atomic mass is 10.0. The molecule has 0 aliphatic rings. The van der Waals surface area contributed by atoms with Crippen LogP contribution in [0.4, 0.5) is 8.78 Å². The molecule has 0 unspecified atom stereocenters. The van der Waals surface area contributed by atoms with Gasteiger partial charge in [-0.3, -0.25) is 0 Å². The molecule has 0 bridgehead atoms. The van der Waals surface area contributed by atoms with Crippen LogP contribution in [0.2, 0.25) is 0 Å². The molecular formula is C14H9F2IO2. The summed E-state index contributed by atoms with van der Waals surface area (Å²) >= 11 is 2.02. The summed E-state index contributed by atoms with van der Waals surface area (Å²) in [5.74, 6) is -1.81. The highest BCUT2D eigenvalue weighted by Gasteiger charge is 2.12. The molecule has 0 aliphatic heterocycles. The van der Waals surface area contributed by atoms with E-state index < -0.39 is 17.6 Å². The van der Waals surface area contributed by atoms with Crippen molar-refractivity contribution in [3.63, 3.8) is 0 Å². The topological polar surface area (TPSA) is 26.3 Å². The number of halogens is 3. The van der Waals surface area contributed by atoms with Gasteiger partial charge in [-0.15, -0.1) is 0 Å². The Morgan fingerprint density at radius 2 is 1.89 bits per heavy atom. The van der Waals surface area contributed by atoms with Gasteiger partial charge in [0.25, 0.3) is 0 Å². The number of esters is 1. The predicted octanol–water partition coefficient (Wildman–Crippen LogP) is 4.02. The summed E-state index contributed by atoms with van der Waals surface area (Å²) in [6.07, 6.45) is 0. The first-order chi connectivity index (χ1) is 9.01. The third-order valence-electron chi connectivity index (χ3n) is 2.56. The van der Waals surface area contributed by atoms with E-state index in [1.54, 1.807) is 12.1 Å². The number of rotatable bonds is 2. The molecule has 0 aliphatic carbocycles. The van der Waals surface area contributed by atoms with Crippen LogP contribution in [-0.2, 0) is 4.74 Å². The van der Waals surface area contributed by atoms with Gasteiger partial charge in [0.2, 0.25) is 0 Å². The average molecular weight is 374 g/mol. The van der Waals surface area contributed by atoms with Gasteiger partial charge in [-0.25, -0.2) is 13.6 Å². The first kappa shape index (κ1) is 13.9. The summed E-state index contributed by atoms with van der Waals surface area (Å²) in [7, 11) is 1.28. The summed E-state index contributed by atoms with van der Waals surface area (Å²) < 4.78 is 32.0. The van der Waals surface area contributed by atoms with Crippen molar-refractivity contribution in [3.8, 4) is 11.1 Å². The molecule has 2 rings (SSSR count). The van der Waals surface area contributed by atoms with Crippen molar-refractivity contribution in [1.82, 2.24) is 0 Å². The van der Waals surface area contributed by atoms with E-state index in [2.05, 4.69) is 4.74 Å². The Kier molecular flexibility index (Phi) is 4.14. The van der Waals surface area contributed by atoms with Gasteiger partial charge >= 0.3 is 5.97 Å². The largest absolute Gasteiger partial charge is 0.465 e. The van der Waals surface area contributed by atoms with E-state index in [-0.39, 0.29) is 5.56 Å². The maximum atomic E-state index is 13.7. The fourth-order valence-corrected chi connectivity index (χ4v) is 2.38. The van der Waals surface area contributed by atoms with Crippen LogP contribution in [0.5, 0.6) is 0 Å². The van der Waals surface area contributed by atoms with Crippen LogP contribution in [0.25, 0.3) is 11.1 Å². The maximum absolute atomic E-state index is 13.7. The van der Waals surface area contributed by atoms with E-state index in [1.165, 1.54) is 25.3 Å². The van der Waals surface area contributed by atoms with Crippen molar-refractivity contribution in [2.75, 3.05) is 7.11 Å². The van der Waals surface area contributed by atoms with E-state index in [0.717, 1.165) is 9.64 Å². The molecule has 0 fully saturated rings. The number of ether oxygens (including phenoxy) is 1. The molecule has 5 heteroatoms. The van der Waals surface area contributed by atoms with Gasteiger partial charge in [-0.05, 0) is 58.5 Å². The molecule has 2 aromatic carbocycles. The summed E-state index contributed by atoms with van der Waals surface area (Å²) in [5.41, 5.74) is 1.07. The van der Waals surface area contributed by atoms with Crippen LogP contribution in [0.15, 0.2) is 36.4 Å². The molecule has 0 spiro atoms. The lowest BCUT2D eigenvalue weighted by molar-refractivity contribution is 0.0600. The second-order valence-electron chi connectivity index (χ2n) is 3.84. The fraction of sp³-hybridized carbons (Fsp3) is 0.0714. The smallest absolute Gasteiger partial charge is 0.337 e. The summed E-state index contributed by atoms with van der Waals surface area (Å²) in [6.45, 7) is 0. The first-order valence-corrected chi connectivity index (χ1v) is 6.43. The SMILES string of the molecule is COC(=O)c1cc(I)cc(-c2ccc(F)cc2F)c1. The van der Waals surface area contributed by atoms with Gasteiger partial charge in [0.15, 0.2) is 0 Å². The normalized spacial score (nSPS) is 10.3. The minimum absolute atomic E-state index is 0.241. The van der Waals surface area contributed by atoms with Crippen molar-refractivity contribution in [2.24, 2.45) is 0 Å². The minimum Gasteiger partial charge on any atom is -0.465 e. The lowest BCUT2D eigenvalue weighted by Gasteiger charge is -2.07. The highest BCUT2D eigenvalue weighted by atomic mass is 127. The summed E-state index contributed by atoms with van der Waals surface area (Å²) in [5, 5.41) is 0. The first-order valence-electron chi connectivity index (χ1n) is 5.35. The van der Waals surface area contributed by atoms with Crippen LogP contribution in [0.1, 0.15) is 10.4 Å². The van der Waals surface area contributed by atoms with E-state index in [1.807, 2.05) is 22.6 Å². The van der Waals surface area contributed by atoms with Crippen LogP contribution in [-0.4, -0.2) is 13.1 Å². The fourth-order valence-electron chi connectivity index (χ4n) is 1.70. The molecule has 0 saturated carbocycles. The molecule has 2 aromatic rings. The van der Waals surface area contributed by atoms with Crippen molar-refractivity contribution >= 4 is 28.6 Å². The monoisotopic (exact) mass is 374 g/mol. The summed E-state index contributed by atoms with van der Waals surface area (Å²) in [6, 6.07) is 8.20. The molecule has 0 saturated heterocycles. The number of carbonyl (C=O) groups excluding carboxylic acids is 1. The molecule has 98 valence electrons. The van der Waals surface area contributed by atoms with Gasteiger partial charge in [0.1, 0.15) is 11.6 Å². The zero-order valence-corrected chi connectivity index (χ0v) is 12.1. The molecule has 0 amide bonds. The van der Waals surface area contributed by atoms with Crippen molar-refractivity contribution in [3.05, 3.63) is 57.2 Å². The third kappa shape index (κ3) is 3.09. The molecule has 0 aromatic heterocycles. The van der Waals surface area contributed by atoms with E-state index in [0.29, 0.717) is 11.1 Å². The van der Waals surface area contributed by atoms with Crippen LogP contribution < -0.4 is 0 Å². The van der Waals surface area contributed by atoms with Gasteiger partial charge in [-0.2, -0.15) is 0 Å². The van der Waals surface area contributed by atoms with Crippen LogP contribution in [0, 0.1) is 15.2 Å². The Labute approximate surface area is 122 Å². The van der Waals surface area contributed by atoms with Gasteiger partial charge < -0.3 is 4.74 Å². The van der Waals surface area contributed by atoms with Gasteiger partial charge in [-0.1, -0.05) is 0 Å². The molecule has 0 N–H and O–H groups in total. The number of hydrogen-bond acceptors (Lipinski definition) is 2. The van der Waals surface area contributed by atoms with Crippen molar-refractivity contribution < 1.29 is 18.3 Å². The molecule has 0 atom stereocenters. The third-order valence-corrected chi connectivity index (χ3v) is 3.18. The Morgan fingerprint density at radius 1 is 1.16 bits per heavy atom. The second-order valence-corrected chi connectivity index (χ2v) is 5.09. The second kappa shape index (κ2) is 5.64. The highest BCUT2D eigenvalue weighted by molar-refractivity contribution is 14.1. The maximum Gasteiger partial charge on any atom is 0.337 e. The Balaban J connectivity index is 2.56. The van der Waals surface area contributed by atoms with Gasteiger partial charge in [0, 0.05) is 15.2 Å². The number of hydrogen-bond donors (Lipinski definition) is 0.